The second-order valence-electron chi connectivity index (χ2n) is 3.46. The van der Waals surface area contributed by atoms with Crippen LogP contribution in [0.25, 0.3) is 0 Å². The minimum atomic E-state index is -0.926. The van der Waals surface area contributed by atoms with Crippen LogP contribution in [0.2, 0.25) is 5.02 Å². The van der Waals surface area contributed by atoms with Gasteiger partial charge in [0.15, 0.2) is 0 Å². The highest BCUT2D eigenvalue weighted by molar-refractivity contribution is 7.12. The zero-order chi connectivity index (χ0) is 12.3. The summed E-state index contributed by atoms with van der Waals surface area (Å²) in [5, 5.41) is 10.8. The maximum absolute atomic E-state index is 11.9. The van der Waals surface area contributed by atoms with Crippen LogP contribution in [0.3, 0.4) is 0 Å². The molecule has 88 valence electrons. The number of halogens is 1. The first-order valence-electron chi connectivity index (χ1n) is 4.65. The zero-order valence-corrected chi connectivity index (χ0v) is 10.5. The van der Waals surface area contributed by atoms with Gasteiger partial charge in [-0.3, -0.25) is 9.59 Å². The highest BCUT2D eigenvalue weighted by Crippen LogP contribution is 2.24. The lowest BCUT2D eigenvalue weighted by Gasteiger charge is -2.23. The summed E-state index contributed by atoms with van der Waals surface area (Å²) < 4.78 is 0. The molecule has 0 aliphatic carbocycles. The average molecular weight is 262 g/mol. The monoisotopic (exact) mass is 261 g/mol. The van der Waals surface area contributed by atoms with Crippen LogP contribution in [0.4, 0.5) is 0 Å². The first-order valence-corrected chi connectivity index (χ1v) is 5.91. The molecular weight excluding hydrogens is 250 g/mol. The van der Waals surface area contributed by atoms with Crippen molar-refractivity contribution < 1.29 is 14.7 Å². The Balaban J connectivity index is 2.75. The lowest BCUT2D eigenvalue weighted by Crippen LogP contribution is -2.36. The summed E-state index contributed by atoms with van der Waals surface area (Å²) >= 11 is 7.09. The molecule has 0 saturated carbocycles. The van der Waals surface area contributed by atoms with Crippen LogP contribution in [-0.2, 0) is 4.79 Å². The normalized spacial score (nSPS) is 12.2. The fraction of sp³-hybridized carbons (Fsp3) is 0.400. The number of hydrogen-bond acceptors (Lipinski definition) is 3. The van der Waals surface area contributed by atoms with Crippen molar-refractivity contribution in [2.75, 3.05) is 7.05 Å². The predicted octanol–water partition coefficient (Wildman–Crippen LogP) is 2.34. The molecule has 0 saturated heterocycles. The molecule has 0 fully saturated rings. The van der Waals surface area contributed by atoms with Crippen LogP contribution in [-0.4, -0.2) is 35.0 Å². The Morgan fingerprint density at radius 1 is 1.62 bits per heavy atom. The molecule has 0 radical (unpaired) electrons. The summed E-state index contributed by atoms with van der Waals surface area (Å²) in [4.78, 5) is 24.3. The van der Waals surface area contributed by atoms with Crippen LogP contribution >= 0.6 is 22.9 Å². The average Bonchev–Trinajstić information content (AvgIpc) is 2.61. The van der Waals surface area contributed by atoms with E-state index >= 15 is 0 Å². The van der Waals surface area contributed by atoms with E-state index < -0.39 is 5.97 Å². The molecule has 0 aliphatic rings. The number of thiophene rings is 1. The molecule has 1 rings (SSSR count). The summed E-state index contributed by atoms with van der Waals surface area (Å²) in [5.74, 6) is -1.17. The Bertz CT molecular complexity index is 405. The lowest BCUT2D eigenvalue weighted by molar-refractivity contribution is -0.137. The van der Waals surface area contributed by atoms with Crippen molar-refractivity contribution in [3.8, 4) is 0 Å². The first-order chi connectivity index (χ1) is 7.43. The van der Waals surface area contributed by atoms with Gasteiger partial charge in [0.05, 0.1) is 11.4 Å². The number of carbonyl (C=O) groups excluding carboxylic acids is 1. The summed E-state index contributed by atoms with van der Waals surface area (Å²) in [6, 6.07) is 1.29. The molecule has 1 aromatic rings. The lowest BCUT2D eigenvalue weighted by atomic mass is 10.2. The van der Waals surface area contributed by atoms with E-state index in [0.717, 1.165) is 0 Å². The van der Waals surface area contributed by atoms with E-state index in [1.165, 1.54) is 16.2 Å². The summed E-state index contributed by atoms with van der Waals surface area (Å²) in [5.41, 5.74) is 0. The molecule has 0 aliphatic heterocycles. The Kier molecular flexibility index (Phi) is 4.32. The molecule has 6 heteroatoms. The molecule has 0 aromatic carbocycles. The second-order valence-corrected chi connectivity index (χ2v) is 4.78. The highest BCUT2D eigenvalue weighted by Gasteiger charge is 2.22. The quantitative estimate of drug-likeness (QED) is 0.905. The number of carbonyl (C=O) groups is 2. The van der Waals surface area contributed by atoms with Crippen LogP contribution in [0.1, 0.15) is 23.0 Å². The van der Waals surface area contributed by atoms with Gasteiger partial charge in [-0.2, -0.15) is 0 Å². The molecule has 1 N–H and O–H groups in total. The summed E-state index contributed by atoms with van der Waals surface area (Å²) in [6.45, 7) is 1.69. The standard InChI is InChI=1S/C10H12ClNO3S/c1-6(5-8(13)14)12(2)10(15)9-7(11)3-4-16-9/h3-4,6H,5H2,1-2H3,(H,13,14). The van der Waals surface area contributed by atoms with E-state index in [2.05, 4.69) is 0 Å². The molecular formula is C10H12ClNO3S. The smallest absolute Gasteiger partial charge is 0.305 e. The third kappa shape index (κ3) is 2.96. The fourth-order valence-electron chi connectivity index (χ4n) is 1.20. The van der Waals surface area contributed by atoms with Crippen molar-refractivity contribution in [1.82, 2.24) is 4.90 Å². The van der Waals surface area contributed by atoms with Crippen molar-refractivity contribution in [3.05, 3.63) is 21.3 Å². The van der Waals surface area contributed by atoms with Gasteiger partial charge in [-0.05, 0) is 18.4 Å². The molecule has 1 heterocycles. The Labute approximate surface area is 102 Å². The van der Waals surface area contributed by atoms with Crippen molar-refractivity contribution in [1.29, 1.82) is 0 Å². The minimum absolute atomic E-state index is 0.0781. The Morgan fingerprint density at radius 2 is 2.25 bits per heavy atom. The van der Waals surface area contributed by atoms with E-state index in [1.807, 2.05) is 0 Å². The molecule has 0 spiro atoms. The van der Waals surface area contributed by atoms with Gasteiger partial charge in [0.25, 0.3) is 5.91 Å². The molecule has 1 unspecified atom stereocenters. The Hall–Kier alpha value is -1.07. The molecule has 4 nitrogen and oxygen atoms in total. The number of aliphatic carboxylic acids is 1. The summed E-state index contributed by atoms with van der Waals surface area (Å²) in [7, 11) is 1.58. The van der Waals surface area contributed by atoms with Crippen LogP contribution in [0.15, 0.2) is 11.4 Å². The molecule has 0 bridgehead atoms. The number of hydrogen-bond donors (Lipinski definition) is 1. The first kappa shape index (κ1) is 13.0. The van der Waals surface area contributed by atoms with Gasteiger partial charge in [-0.1, -0.05) is 11.6 Å². The van der Waals surface area contributed by atoms with Gasteiger partial charge in [-0.15, -0.1) is 11.3 Å². The SMILES string of the molecule is CC(CC(=O)O)N(C)C(=O)c1sccc1Cl. The van der Waals surface area contributed by atoms with Crippen molar-refractivity contribution >= 4 is 34.8 Å². The Morgan fingerprint density at radius 3 is 2.69 bits per heavy atom. The third-order valence-electron chi connectivity index (χ3n) is 2.26. The maximum atomic E-state index is 11.9. The van der Waals surface area contributed by atoms with E-state index in [0.29, 0.717) is 9.90 Å². The van der Waals surface area contributed by atoms with Gasteiger partial charge in [0.1, 0.15) is 4.88 Å². The van der Waals surface area contributed by atoms with E-state index in [1.54, 1.807) is 25.4 Å². The van der Waals surface area contributed by atoms with Crippen LogP contribution in [0.5, 0.6) is 0 Å². The van der Waals surface area contributed by atoms with Gasteiger partial charge in [-0.25, -0.2) is 0 Å². The third-order valence-corrected chi connectivity index (χ3v) is 3.59. The largest absolute Gasteiger partial charge is 0.481 e. The van der Waals surface area contributed by atoms with Gasteiger partial charge >= 0.3 is 5.97 Å². The highest BCUT2D eigenvalue weighted by atomic mass is 35.5. The topological polar surface area (TPSA) is 57.6 Å². The van der Waals surface area contributed by atoms with Crippen LogP contribution in [0, 0.1) is 0 Å². The van der Waals surface area contributed by atoms with Crippen LogP contribution < -0.4 is 0 Å². The number of carboxylic acid groups (broad SMARTS) is 1. The van der Waals surface area contributed by atoms with E-state index in [-0.39, 0.29) is 18.4 Å². The molecule has 1 amide bonds. The van der Waals surface area contributed by atoms with Crippen molar-refractivity contribution in [2.24, 2.45) is 0 Å². The van der Waals surface area contributed by atoms with Gasteiger partial charge in [0.2, 0.25) is 0 Å². The zero-order valence-electron chi connectivity index (χ0n) is 8.94. The van der Waals surface area contributed by atoms with Crippen molar-refractivity contribution in [2.45, 2.75) is 19.4 Å². The molecule has 16 heavy (non-hydrogen) atoms. The summed E-state index contributed by atoms with van der Waals surface area (Å²) in [6.07, 6.45) is -0.0781. The number of carboxylic acids is 1. The fourth-order valence-corrected chi connectivity index (χ4v) is 2.31. The maximum Gasteiger partial charge on any atom is 0.305 e. The van der Waals surface area contributed by atoms with Crippen molar-refractivity contribution in [3.63, 3.8) is 0 Å². The van der Waals surface area contributed by atoms with Gasteiger partial charge < -0.3 is 10.0 Å². The van der Waals surface area contributed by atoms with Gasteiger partial charge in [0, 0.05) is 13.1 Å². The number of rotatable bonds is 4. The van der Waals surface area contributed by atoms with E-state index in [4.69, 9.17) is 16.7 Å². The predicted molar refractivity (Wildman–Crippen MR) is 63.1 cm³/mol. The second kappa shape index (κ2) is 5.32. The van der Waals surface area contributed by atoms with E-state index in [9.17, 15) is 9.59 Å². The minimum Gasteiger partial charge on any atom is -0.481 e. The number of amides is 1. The molecule has 1 atom stereocenters. The molecule has 1 aromatic heterocycles. The number of nitrogens with zero attached hydrogens (tertiary/aromatic N) is 1.